The van der Waals surface area contributed by atoms with Gasteiger partial charge in [0.05, 0.1) is 0 Å². The molecule has 1 fully saturated rings. The molecule has 2 aromatic rings. The van der Waals surface area contributed by atoms with Crippen LogP contribution in [0.25, 0.3) is 0 Å². The normalized spacial score (nSPS) is 17.6. The van der Waals surface area contributed by atoms with Crippen LogP contribution in [0.3, 0.4) is 0 Å². The molecule has 0 amide bonds. The Morgan fingerprint density at radius 3 is 1.75 bits per heavy atom. The van der Waals surface area contributed by atoms with Crippen LogP contribution in [0.15, 0.2) is 48.5 Å². The smallest absolute Gasteiger partial charge is 0.387 e. The van der Waals surface area contributed by atoms with Gasteiger partial charge in [0.2, 0.25) is 0 Å². The van der Waals surface area contributed by atoms with Crippen molar-refractivity contribution in [1.82, 2.24) is 0 Å². The van der Waals surface area contributed by atoms with E-state index in [-0.39, 0.29) is 5.75 Å². The van der Waals surface area contributed by atoms with Crippen LogP contribution in [-0.4, -0.2) is 6.61 Å². The summed E-state index contributed by atoms with van der Waals surface area (Å²) in [5, 5.41) is 0. The molecule has 196 valence electrons. The van der Waals surface area contributed by atoms with Gasteiger partial charge < -0.3 is 4.74 Å². The van der Waals surface area contributed by atoms with E-state index in [0.717, 1.165) is 29.4 Å². The standard InChI is InChI=1S/C33H44F2O/c1-2-3-4-5-6-7-8-9-10-27-11-13-28(14-12-27)15-16-29-17-19-30(20-18-29)21-22-31-23-25-32(26-24-31)36-33(34)35/h17-20,23-28,33H,2-16H2,1H3/t27-,28-. The lowest BCUT2D eigenvalue weighted by atomic mass is 9.77. The summed E-state index contributed by atoms with van der Waals surface area (Å²) in [6, 6.07) is 15.0. The summed E-state index contributed by atoms with van der Waals surface area (Å²) in [4.78, 5) is 0. The Hall–Kier alpha value is -2.34. The number of ether oxygens (including phenoxy) is 1. The van der Waals surface area contributed by atoms with Gasteiger partial charge in [-0.1, -0.05) is 114 Å². The van der Waals surface area contributed by atoms with Gasteiger partial charge in [-0.2, -0.15) is 8.78 Å². The molecule has 0 saturated heterocycles. The predicted octanol–water partition coefficient (Wildman–Crippen LogP) is 9.96. The first-order chi connectivity index (χ1) is 17.6. The van der Waals surface area contributed by atoms with E-state index in [0.29, 0.717) is 0 Å². The molecule has 0 bridgehead atoms. The van der Waals surface area contributed by atoms with Gasteiger partial charge in [0.15, 0.2) is 0 Å². The Morgan fingerprint density at radius 1 is 0.694 bits per heavy atom. The van der Waals surface area contributed by atoms with Crippen LogP contribution in [-0.2, 0) is 6.42 Å². The highest BCUT2D eigenvalue weighted by Crippen LogP contribution is 2.34. The van der Waals surface area contributed by atoms with Crippen molar-refractivity contribution >= 4 is 0 Å². The van der Waals surface area contributed by atoms with Crippen molar-refractivity contribution in [3.8, 4) is 17.6 Å². The third-order valence-electron chi connectivity index (χ3n) is 7.66. The maximum Gasteiger partial charge on any atom is 0.387 e. The van der Waals surface area contributed by atoms with Gasteiger partial charge in [-0.05, 0) is 66.6 Å². The van der Waals surface area contributed by atoms with Gasteiger partial charge in [-0.3, -0.25) is 0 Å². The van der Waals surface area contributed by atoms with Crippen LogP contribution in [0.2, 0.25) is 0 Å². The fourth-order valence-electron chi connectivity index (χ4n) is 5.37. The van der Waals surface area contributed by atoms with Crippen molar-refractivity contribution in [1.29, 1.82) is 0 Å². The van der Waals surface area contributed by atoms with E-state index in [1.165, 1.54) is 108 Å². The molecule has 1 aliphatic carbocycles. The van der Waals surface area contributed by atoms with Gasteiger partial charge in [-0.15, -0.1) is 0 Å². The van der Waals surface area contributed by atoms with Crippen LogP contribution in [0.5, 0.6) is 5.75 Å². The van der Waals surface area contributed by atoms with E-state index in [4.69, 9.17) is 0 Å². The number of hydrogen-bond donors (Lipinski definition) is 0. The summed E-state index contributed by atoms with van der Waals surface area (Å²) in [5.74, 6) is 8.26. The van der Waals surface area contributed by atoms with Crippen molar-refractivity contribution in [2.75, 3.05) is 0 Å². The lowest BCUT2D eigenvalue weighted by Crippen LogP contribution is -2.15. The molecule has 1 aliphatic rings. The van der Waals surface area contributed by atoms with Crippen molar-refractivity contribution in [2.24, 2.45) is 11.8 Å². The molecule has 2 aromatic carbocycles. The first kappa shape index (κ1) is 28.2. The van der Waals surface area contributed by atoms with Gasteiger partial charge in [0, 0.05) is 11.1 Å². The van der Waals surface area contributed by atoms with Crippen molar-refractivity contribution in [3.63, 3.8) is 0 Å². The first-order valence-electron chi connectivity index (χ1n) is 14.3. The van der Waals surface area contributed by atoms with Crippen LogP contribution in [0.4, 0.5) is 8.78 Å². The number of aryl methyl sites for hydroxylation is 1. The van der Waals surface area contributed by atoms with E-state index >= 15 is 0 Å². The zero-order chi connectivity index (χ0) is 25.4. The van der Waals surface area contributed by atoms with E-state index in [1.54, 1.807) is 12.1 Å². The van der Waals surface area contributed by atoms with E-state index in [1.807, 2.05) is 0 Å². The second-order valence-electron chi connectivity index (χ2n) is 10.5. The highest BCUT2D eigenvalue weighted by molar-refractivity contribution is 5.44. The van der Waals surface area contributed by atoms with E-state index in [2.05, 4.69) is 47.8 Å². The third kappa shape index (κ3) is 11.2. The quantitative estimate of drug-likeness (QED) is 0.187. The summed E-state index contributed by atoms with van der Waals surface area (Å²) in [6.45, 7) is -0.519. The zero-order valence-corrected chi connectivity index (χ0v) is 22.1. The molecule has 0 spiro atoms. The second kappa shape index (κ2) is 16.4. The Bertz CT molecular complexity index is 899. The Kier molecular flexibility index (Phi) is 12.9. The van der Waals surface area contributed by atoms with Gasteiger partial charge in [0.25, 0.3) is 0 Å². The van der Waals surface area contributed by atoms with Gasteiger partial charge in [-0.25, -0.2) is 0 Å². The minimum Gasteiger partial charge on any atom is -0.435 e. The van der Waals surface area contributed by atoms with Gasteiger partial charge >= 0.3 is 6.61 Å². The molecule has 0 N–H and O–H groups in total. The first-order valence-corrected chi connectivity index (χ1v) is 14.3. The molecule has 0 aliphatic heterocycles. The van der Waals surface area contributed by atoms with Crippen LogP contribution < -0.4 is 4.74 Å². The molecule has 0 unspecified atom stereocenters. The maximum absolute atomic E-state index is 12.2. The molecule has 1 saturated carbocycles. The topological polar surface area (TPSA) is 9.23 Å². The number of halogens is 2. The summed E-state index contributed by atoms with van der Waals surface area (Å²) >= 11 is 0. The third-order valence-corrected chi connectivity index (χ3v) is 7.66. The fourth-order valence-corrected chi connectivity index (χ4v) is 5.37. The summed E-state index contributed by atoms with van der Waals surface area (Å²) in [5.41, 5.74) is 3.13. The van der Waals surface area contributed by atoms with Crippen molar-refractivity contribution in [3.05, 3.63) is 65.2 Å². The highest BCUT2D eigenvalue weighted by atomic mass is 19.3. The minimum atomic E-state index is -2.81. The number of unbranched alkanes of at least 4 members (excludes halogenated alkanes) is 7. The summed E-state index contributed by atoms with van der Waals surface area (Å²) in [7, 11) is 0. The number of rotatable bonds is 14. The highest BCUT2D eigenvalue weighted by Gasteiger charge is 2.20. The molecule has 36 heavy (non-hydrogen) atoms. The zero-order valence-electron chi connectivity index (χ0n) is 22.1. The van der Waals surface area contributed by atoms with E-state index < -0.39 is 6.61 Å². The molecule has 0 heterocycles. The maximum atomic E-state index is 12.2. The van der Waals surface area contributed by atoms with Crippen molar-refractivity contribution < 1.29 is 13.5 Å². The van der Waals surface area contributed by atoms with Crippen molar-refractivity contribution in [2.45, 2.75) is 110 Å². The average Bonchev–Trinajstić information content (AvgIpc) is 2.89. The molecule has 1 nitrogen and oxygen atoms in total. The number of benzene rings is 2. The Labute approximate surface area is 218 Å². The largest absolute Gasteiger partial charge is 0.435 e. The molecule has 0 atom stereocenters. The van der Waals surface area contributed by atoms with E-state index in [9.17, 15) is 8.78 Å². The number of hydrogen-bond acceptors (Lipinski definition) is 1. The molecule has 0 aromatic heterocycles. The average molecular weight is 495 g/mol. The molecule has 3 rings (SSSR count). The molecule has 3 heteroatoms. The second-order valence-corrected chi connectivity index (χ2v) is 10.5. The molecule has 0 radical (unpaired) electrons. The fraction of sp³-hybridized carbons (Fsp3) is 0.576. The molecular formula is C33H44F2O. The SMILES string of the molecule is CCCCCCCCCC[C@H]1CC[C@H](CCc2ccc(C#Cc3ccc(OC(F)F)cc3)cc2)CC1. The van der Waals surface area contributed by atoms with Gasteiger partial charge in [0.1, 0.15) is 5.75 Å². The van der Waals surface area contributed by atoms with Crippen LogP contribution in [0.1, 0.15) is 114 Å². The lowest BCUT2D eigenvalue weighted by molar-refractivity contribution is -0.0498. The predicted molar refractivity (Wildman–Crippen MR) is 146 cm³/mol. The molecular weight excluding hydrogens is 450 g/mol. The monoisotopic (exact) mass is 494 g/mol. The Balaban J connectivity index is 1.29. The van der Waals surface area contributed by atoms with Crippen LogP contribution >= 0.6 is 0 Å². The summed E-state index contributed by atoms with van der Waals surface area (Å²) in [6.07, 6.45) is 21.0. The minimum absolute atomic E-state index is 0.150. The number of alkyl halides is 2. The Morgan fingerprint density at radius 2 is 1.19 bits per heavy atom. The van der Waals surface area contributed by atoms with Crippen LogP contribution in [0, 0.1) is 23.7 Å². The lowest BCUT2D eigenvalue weighted by Gasteiger charge is -2.28. The summed E-state index contributed by atoms with van der Waals surface area (Å²) < 4.78 is 28.9.